The Morgan fingerprint density at radius 2 is 1.17 bits per heavy atom. The number of hydrogen-bond donors (Lipinski definition) is 2. The van der Waals surface area contributed by atoms with Gasteiger partial charge in [0.15, 0.2) is 6.29 Å². The molecule has 0 aliphatic carbocycles. The van der Waals surface area contributed by atoms with Crippen molar-refractivity contribution in [2.45, 2.75) is 30.2 Å². The summed E-state index contributed by atoms with van der Waals surface area (Å²) in [5.74, 6) is 0. The minimum absolute atomic E-state index is 0.0662. The van der Waals surface area contributed by atoms with Gasteiger partial charge in [-0.3, -0.25) is 0 Å². The van der Waals surface area contributed by atoms with Crippen molar-refractivity contribution in [2.24, 2.45) is 0 Å². The van der Waals surface area contributed by atoms with E-state index in [0.29, 0.717) is 0 Å². The van der Waals surface area contributed by atoms with Crippen molar-refractivity contribution in [3.05, 3.63) is 108 Å². The van der Waals surface area contributed by atoms with Crippen molar-refractivity contribution in [2.75, 3.05) is 13.7 Å². The molecule has 3 aromatic rings. The molecule has 4 atom stereocenters. The second kappa shape index (κ2) is 9.08. The largest absolute Gasteiger partial charge is 0.387 e. The van der Waals surface area contributed by atoms with Crippen LogP contribution in [0.4, 0.5) is 0 Å². The Hall–Kier alpha value is -2.54. The van der Waals surface area contributed by atoms with Crippen LogP contribution in [0.5, 0.6) is 0 Å². The Morgan fingerprint density at radius 3 is 1.53 bits per heavy atom. The van der Waals surface area contributed by atoms with E-state index in [-0.39, 0.29) is 6.61 Å². The molecule has 30 heavy (non-hydrogen) atoms. The van der Waals surface area contributed by atoms with E-state index >= 15 is 0 Å². The van der Waals surface area contributed by atoms with Crippen LogP contribution in [0.25, 0.3) is 0 Å². The SMILES string of the molecule is CO[C@H]1O[C@H](COC(c2ccccc2)(c2ccccc2)c2ccccc2)[C@H](O)[C@H]1O. The average molecular weight is 406 g/mol. The second-order valence-electron chi connectivity index (χ2n) is 7.35. The van der Waals surface area contributed by atoms with Crippen LogP contribution in [0.1, 0.15) is 16.7 Å². The fraction of sp³-hybridized carbons (Fsp3) is 0.280. The van der Waals surface area contributed by atoms with Crippen LogP contribution in [0, 0.1) is 0 Å². The Labute approximate surface area is 176 Å². The molecule has 2 N–H and O–H groups in total. The van der Waals surface area contributed by atoms with Crippen LogP contribution >= 0.6 is 0 Å². The molecule has 1 saturated heterocycles. The van der Waals surface area contributed by atoms with Gasteiger partial charge in [-0.15, -0.1) is 0 Å². The Morgan fingerprint density at radius 1 is 0.733 bits per heavy atom. The predicted octanol–water partition coefficient (Wildman–Crippen LogP) is 3.09. The molecule has 0 bridgehead atoms. The van der Waals surface area contributed by atoms with Crippen molar-refractivity contribution in [3.8, 4) is 0 Å². The fourth-order valence-electron chi connectivity index (χ4n) is 4.02. The fourth-order valence-corrected chi connectivity index (χ4v) is 4.02. The van der Waals surface area contributed by atoms with Crippen LogP contribution in [-0.2, 0) is 19.8 Å². The van der Waals surface area contributed by atoms with E-state index in [2.05, 4.69) is 0 Å². The van der Waals surface area contributed by atoms with Gasteiger partial charge in [0.2, 0.25) is 0 Å². The molecule has 3 aromatic carbocycles. The summed E-state index contributed by atoms with van der Waals surface area (Å²) in [6, 6.07) is 29.9. The number of rotatable bonds is 7. The lowest BCUT2D eigenvalue weighted by Gasteiger charge is -2.37. The van der Waals surface area contributed by atoms with Gasteiger partial charge < -0.3 is 24.4 Å². The zero-order chi connectivity index (χ0) is 21.0. The molecule has 4 rings (SSSR count). The molecule has 0 saturated carbocycles. The molecular formula is C25H26O5. The first kappa shape index (κ1) is 20.7. The van der Waals surface area contributed by atoms with Crippen LogP contribution in [0.3, 0.4) is 0 Å². The van der Waals surface area contributed by atoms with Crippen molar-refractivity contribution >= 4 is 0 Å². The molecule has 5 heteroatoms. The summed E-state index contributed by atoms with van der Waals surface area (Å²) >= 11 is 0. The van der Waals surface area contributed by atoms with E-state index in [1.165, 1.54) is 7.11 Å². The molecule has 1 heterocycles. The molecule has 1 fully saturated rings. The molecule has 0 unspecified atom stereocenters. The smallest absolute Gasteiger partial charge is 0.186 e. The third kappa shape index (κ3) is 3.78. The highest BCUT2D eigenvalue weighted by atomic mass is 16.7. The minimum Gasteiger partial charge on any atom is -0.387 e. The summed E-state index contributed by atoms with van der Waals surface area (Å²) in [6.07, 6.45) is -3.83. The van der Waals surface area contributed by atoms with Gasteiger partial charge >= 0.3 is 0 Å². The molecule has 1 aliphatic heterocycles. The Bertz CT molecular complexity index is 819. The summed E-state index contributed by atoms with van der Waals surface area (Å²) in [5, 5.41) is 20.6. The van der Waals surface area contributed by atoms with Gasteiger partial charge in [0.05, 0.1) is 6.61 Å². The maximum atomic E-state index is 10.4. The van der Waals surface area contributed by atoms with Crippen molar-refractivity contribution in [1.29, 1.82) is 0 Å². The van der Waals surface area contributed by atoms with Gasteiger partial charge in [-0.1, -0.05) is 91.0 Å². The topological polar surface area (TPSA) is 68.2 Å². The molecular weight excluding hydrogens is 380 g/mol. The number of methoxy groups -OCH3 is 1. The van der Waals surface area contributed by atoms with E-state index in [1.54, 1.807) is 0 Å². The molecule has 0 aromatic heterocycles. The monoisotopic (exact) mass is 406 g/mol. The summed E-state index contributed by atoms with van der Waals surface area (Å²) in [5.41, 5.74) is 1.96. The predicted molar refractivity (Wildman–Crippen MR) is 113 cm³/mol. The molecule has 0 amide bonds. The summed E-state index contributed by atoms with van der Waals surface area (Å²) in [4.78, 5) is 0. The molecule has 0 radical (unpaired) electrons. The molecule has 5 nitrogen and oxygen atoms in total. The Kier molecular flexibility index (Phi) is 6.27. The summed E-state index contributed by atoms with van der Waals surface area (Å²) in [7, 11) is 1.44. The van der Waals surface area contributed by atoms with Crippen molar-refractivity contribution in [3.63, 3.8) is 0 Å². The lowest BCUT2D eigenvalue weighted by molar-refractivity contribution is -0.162. The molecule has 1 aliphatic rings. The average Bonchev–Trinajstić information content (AvgIpc) is 3.09. The van der Waals surface area contributed by atoms with E-state index < -0.39 is 30.2 Å². The van der Waals surface area contributed by atoms with E-state index in [1.807, 2.05) is 91.0 Å². The van der Waals surface area contributed by atoms with Crippen molar-refractivity contribution in [1.82, 2.24) is 0 Å². The van der Waals surface area contributed by atoms with Gasteiger partial charge in [0.1, 0.15) is 23.9 Å². The van der Waals surface area contributed by atoms with E-state index in [4.69, 9.17) is 14.2 Å². The summed E-state index contributed by atoms with van der Waals surface area (Å²) in [6.45, 7) is 0.0662. The van der Waals surface area contributed by atoms with Crippen LogP contribution < -0.4 is 0 Å². The normalized spacial score (nSPS) is 24.1. The standard InChI is InChI=1S/C25H26O5/c1-28-24-23(27)22(26)21(30-24)17-29-25(18-11-5-2-6-12-18,19-13-7-3-8-14-19)20-15-9-4-10-16-20/h2-16,21-24,26-27H,17H2,1H3/t21-,22+,23-,24+/m1/s1. The lowest BCUT2D eigenvalue weighted by Crippen LogP contribution is -2.39. The van der Waals surface area contributed by atoms with E-state index in [9.17, 15) is 10.2 Å². The maximum Gasteiger partial charge on any atom is 0.186 e. The zero-order valence-corrected chi connectivity index (χ0v) is 16.8. The first-order valence-electron chi connectivity index (χ1n) is 10.0. The zero-order valence-electron chi connectivity index (χ0n) is 16.8. The number of aliphatic hydroxyl groups is 2. The van der Waals surface area contributed by atoms with Gasteiger partial charge in [-0.2, -0.15) is 0 Å². The van der Waals surface area contributed by atoms with Gasteiger partial charge in [0.25, 0.3) is 0 Å². The number of hydrogen-bond acceptors (Lipinski definition) is 5. The first-order chi connectivity index (χ1) is 14.7. The highest BCUT2D eigenvalue weighted by Gasteiger charge is 2.45. The lowest BCUT2D eigenvalue weighted by atomic mass is 9.80. The molecule has 0 spiro atoms. The third-order valence-corrected chi connectivity index (χ3v) is 5.56. The quantitative estimate of drug-likeness (QED) is 0.590. The van der Waals surface area contributed by atoms with Crippen LogP contribution in [0.2, 0.25) is 0 Å². The summed E-state index contributed by atoms with van der Waals surface area (Å²) < 4.78 is 17.4. The minimum atomic E-state index is -1.12. The van der Waals surface area contributed by atoms with Crippen molar-refractivity contribution < 1.29 is 24.4 Å². The maximum absolute atomic E-state index is 10.4. The van der Waals surface area contributed by atoms with Crippen LogP contribution in [0.15, 0.2) is 91.0 Å². The third-order valence-electron chi connectivity index (χ3n) is 5.56. The second-order valence-corrected chi connectivity index (χ2v) is 7.35. The number of ether oxygens (including phenoxy) is 3. The van der Waals surface area contributed by atoms with Gasteiger partial charge in [0, 0.05) is 7.11 Å². The highest BCUT2D eigenvalue weighted by Crippen LogP contribution is 2.41. The molecule has 156 valence electrons. The van der Waals surface area contributed by atoms with Gasteiger partial charge in [-0.05, 0) is 16.7 Å². The first-order valence-corrected chi connectivity index (χ1v) is 10.0. The number of aliphatic hydroxyl groups excluding tert-OH is 2. The highest BCUT2D eigenvalue weighted by molar-refractivity contribution is 5.47. The van der Waals surface area contributed by atoms with E-state index in [0.717, 1.165) is 16.7 Å². The van der Waals surface area contributed by atoms with Gasteiger partial charge in [-0.25, -0.2) is 0 Å². The Balaban J connectivity index is 1.78. The van der Waals surface area contributed by atoms with Crippen LogP contribution in [-0.4, -0.2) is 48.5 Å². The number of benzene rings is 3.